The summed E-state index contributed by atoms with van der Waals surface area (Å²) in [6.07, 6.45) is 9.92. The molecule has 0 heterocycles. The average molecular weight is 363 g/mol. The number of ether oxygens (including phenoxy) is 1. The maximum absolute atomic E-state index is 12.9. The molecule has 0 aromatic heterocycles. The second-order valence-electron chi connectivity index (χ2n) is 7.30. The molecule has 2 heteroatoms. The number of fused-ring (bicyclic) bond motifs is 2. The van der Waals surface area contributed by atoms with Gasteiger partial charge in [-0.2, -0.15) is 0 Å². The van der Waals surface area contributed by atoms with Crippen molar-refractivity contribution in [3.8, 4) is 0 Å². The monoisotopic (exact) mass is 362 g/mol. The van der Waals surface area contributed by atoms with Gasteiger partial charge in [0.1, 0.15) is 0 Å². The van der Waals surface area contributed by atoms with Crippen LogP contribution < -0.4 is 0 Å². The molecule has 0 amide bonds. The first kappa shape index (κ1) is 19.4. The van der Waals surface area contributed by atoms with Crippen molar-refractivity contribution in [2.45, 2.75) is 58.3 Å². The Bertz CT molecular complexity index is 828. The van der Waals surface area contributed by atoms with Gasteiger partial charge in [-0.15, -0.1) is 0 Å². The molecule has 0 fully saturated rings. The Balaban J connectivity index is 1.60. The molecular formula is C25H30O2. The van der Waals surface area contributed by atoms with Crippen molar-refractivity contribution in [1.82, 2.24) is 0 Å². The smallest absolute Gasteiger partial charge is 0.339 e. The zero-order valence-corrected chi connectivity index (χ0v) is 16.4. The minimum Gasteiger partial charge on any atom is -0.462 e. The van der Waals surface area contributed by atoms with Crippen molar-refractivity contribution in [1.29, 1.82) is 0 Å². The highest BCUT2D eigenvalue weighted by molar-refractivity contribution is 6.16. The predicted octanol–water partition coefficient (Wildman–Crippen LogP) is 7.29. The summed E-state index contributed by atoms with van der Waals surface area (Å²) in [6.45, 7) is 2.75. The highest BCUT2D eigenvalue weighted by atomic mass is 16.5. The molecule has 0 unspecified atom stereocenters. The van der Waals surface area contributed by atoms with E-state index < -0.39 is 0 Å². The normalized spacial score (nSPS) is 11.1. The van der Waals surface area contributed by atoms with E-state index in [-0.39, 0.29) is 5.97 Å². The fourth-order valence-electron chi connectivity index (χ4n) is 3.71. The molecule has 2 nitrogen and oxygen atoms in total. The molecule has 0 saturated carbocycles. The summed E-state index contributed by atoms with van der Waals surface area (Å²) in [6, 6.07) is 18.2. The van der Waals surface area contributed by atoms with Crippen molar-refractivity contribution in [3.05, 3.63) is 60.2 Å². The molecule has 0 aliphatic carbocycles. The first-order chi connectivity index (χ1) is 13.3. The van der Waals surface area contributed by atoms with Gasteiger partial charge in [0, 0.05) is 0 Å². The summed E-state index contributed by atoms with van der Waals surface area (Å²) in [5.74, 6) is -0.203. The molecule has 3 rings (SSSR count). The zero-order valence-electron chi connectivity index (χ0n) is 16.4. The van der Waals surface area contributed by atoms with Gasteiger partial charge in [-0.3, -0.25) is 0 Å². The van der Waals surface area contributed by atoms with E-state index in [1.165, 1.54) is 38.5 Å². The van der Waals surface area contributed by atoms with Crippen LogP contribution >= 0.6 is 0 Å². The van der Waals surface area contributed by atoms with Crippen LogP contribution in [0.4, 0.5) is 0 Å². The molecule has 142 valence electrons. The fourth-order valence-corrected chi connectivity index (χ4v) is 3.71. The molecular weight excluding hydrogens is 332 g/mol. The van der Waals surface area contributed by atoms with Gasteiger partial charge in [-0.1, -0.05) is 100 Å². The van der Waals surface area contributed by atoms with E-state index in [4.69, 9.17) is 4.74 Å². The number of hydrogen-bond acceptors (Lipinski definition) is 2. The Kier molecular flexibility index (Phi) is 7.27. The Labute approximate surface area is 162 Å². The summed E-state index contributed by atoms with van der Waals surface area (Å²) < 4.78 is 5.65. The van der Waals surface area contributed by atoms with Gasteiger partial charge in [0.15, 0.2) is 0 Å². The van der Waals surface area contributed by atoms with Gasteiger partial charge < -0.3 is 4.74 Å². The summed E-state index contributed by atoms with van der Waals surface area (Å²) in [4.78, 5) is 12.9. The van der Waals surface area contributed by atoms with Crippen LogP contribution in [0.15, 0.2) is 54.6 Å². The summed E-state index contributed by atoms with van der Waals surface area (Å²) in [7, 11) is 0. The van der Waals surface area contributed by atoms with E-state index in [0.717, 1.165) is 34.4 Å². The van der Waals surface area contributed by atoms with Gasteiger partial charge in [0.05, 0.1) is 12.2 Å². The van der Waals surface area contributed by atoms with E-state index in [1.54, 1.807) is 0 Å². The third-order valence-electron chi connectivity index (χ3n) is 5.21. The number of carbonyl (C=O) groups is 1. The number of unbranched alkanes of at least 4 members (excludes halogenated alkanes) is 7. The summed E-state index contributed by atoms with van der Waals surface area (Å²) in [5.41, 5.74) is 0.697. The molecule has 0 saturated heterocycles. The van der Waals surface area contributed by atoms with Crippen LogP contribution in [0.1, 0.15) is 68.6 Å². The van der Waals surface area contributed by atoms with Gasteiger partial charge in [-0.05, 0) is 34.0 Å². The summed E-state index contributed by atoms with van der Waals surface area (Å²) in [5, 5.41) is 4.10. The fraction of sp³-hybridized carbons (Fsp3) is 0.400. The number of rotatable bonds is 10. The molecule has 0 spiro atoms. The van der Waals surface area contributed by atoms with Crippen LogP contribution in [-0.2, 0) is 4.74 Å². The zero-order chi connectivity index (χ0) is 18.9. The third-order valence-corrected chi connectivity index (χ3v) is 5.21. The van der Waals surface area contributed by atoms with Crippen molar-refractivity contribution in [3.63, 3.8) is 0 Å². The van der Waals surface area contributed by atoms with Crippen LogP contribution in [0.3, 0.4) is 0 Å². The lowest BCUT2D eigenvalue weighted by Crippen LogP contribution is -2.08. The maximum atomic E-state index is 12.9. The maximum Gasteiger partial charge on any atom is 0.339 e. The van der Waals surface area contributed by atoms with Gasteiger partial charge in [-0.25, -0.2) is 4.79 Å². The van der Waals surface area contributed by atoms with E-state index >= 15 is 0 Å². The van der Waals surface area contributed by atoms with Gasteiger partial charge >= 0.3 is 5.97 Å². The highest BCUT2D eigenvalue weighted by Crippen LogP contribution is 2.29. The number of esters is 1. The van der Waals surface area contributed by atoms with E-state index in [1.807, 2.05) is 36.4 Å². The topological polar surface area (TPSA) is 26.3 Å². The molecule has 27 heavy (non-hydrogen) atoms. The van der Waals surface area contributed by atoms with Crippen molar-refractivity contribution in [2.75, 3.05) is 6.61 Å². The quantitative estimate of drug-likeness (QED) is 0.215. The molecule has 0 bridgehead atoms. The van der Waals surface area contributed by atoms with Gasteiger partial charge in [0.2, 0.25) is 0 Å². The van der Waals surface area contributed by atoms with Crippen LogP contribution in [-0.4, -0.2) is 12.6 Å². The highest BCUT2D eigenvalue weighted by Gasteiger charge is 2.15. The second kappa shape index (κ2) is 10.1. The SMILES string of the molecule is CCCCCCCCCCOC(=O)c1c2ccccc2cc2ccccc12. The third kappa shape index (κ3) is 5.09. The Morgan fingerprint density at radius 2 is 1.26 bits per heavy atom. The average Bonchev–Trinajstić information content (AvgIpc) is 2.70. The standard InChI is InChI=1S/C25H30O2/c1-2-3-4-5-6-7-8-13-18-27-25(26)24-22-16-11-9-14-20(22)19-21-15-10-12-17-23(21)24/h9-12,14-17,19H,2-8,13,18H2,1H3. The molecule has 3 aromatic carbocycles. The minimum atomic E-state index is -0.203. The number of benzene rings is 3. The van der Waals surface area contributed by atoms with E-state index in [0.29, 0.717) is 12.2 Å². The lowest BCUT2D eigenvalue weighted by Gasteiger charge is -2.11. The minimum absolute atomic E-state index is 0.203. The second-order valence-corrected chi connectivity index (χ2v) is 7.30. The number of carbonyl (C=O) groups excluding carboxylic acids is 1. The summed E-state index contributed by atoms with van der Waals surface area (Å²) >= 11 is 0. The van der Waals surface area contributed by atoms with Crippen LogP contribution in [0.25, 0.3) is 21.5 Å². The van der Waals surface area contributed by atoms with Crippen molar-refractivity contribution in [2.24, 2.45) is 0 Å². The first-order valence-corrected chi connectivity index (χ1v) is 10.4. The van der Waals surface area contributed by atoms with Crippen LogP contribution in [0.5, 0.6) is 0 Å². The molecule has 0 aliphatic heterocycles. The van der Waals surface area contributed by atoms with Crippen LogP contribution in [0.2, 0.25) is 0 Å². The van der Waals surface area contributed by atoms with Crippen molar-refractivity contribution < 1.29 is 9.53 Å². The molecule has 0 radical (unpaired) electrons. The Morgan fingerprint density at radius 3 is 1.85 bits per heavy atom. The largest absolute Gasteiger partial charge is 0.462 e. The first-order valence-electron chi connectivity index (χ1n) is 10.4. The Hall–Kier alpha value is -2.35. The molecule has 0 aliphatic rings. The van der Waals surface area contributed by atoms with Crippen LogP contribution in [0, 0.1) is 0 Å². The van der Waals surface area contributed by atoms with Gasteiger partial charge in [0.25, 0.3) is 0 Å². The predicted molar refractivity (Wildman–Crippen MR) is 114 cm³/mol. The Morgan fingerprint density at radius 1 is 0.741 bits per heavy atom. The molecule has 0 N–H and O–H groups in total. The van der Waals surface area contributed by atoms with E-state index in [9.17, 15) is 4.79 Å². The lowest BCUT2D eigenvalue weighted by atomic mass is 9.97. The van der Waals surface area contributed by atoms with E-state index in [2.05, 4.69) is 25.1 Å². The molecule has 3 aromatic rings. The number of hydrogen-bond donors (Lipinski definition) is 0. The van der Waals surface area contributed by atoms with Crippen molar-refractivity contribution >= 4 is 27.5 Å². The molecule has 0 atom stereocenters. The lowest BCUT2D eigenvalue weighted by molar-refractivity contribution is 0.0502.